The zero-order valence-corrected chi connectivity index (χ0v) is 15.7. The first kappa shape index (κ1) is 16.6. The molecule has 4 aromatic rings. The van der Waals surface area contributed by atoms with E-state index >= 15 is 0 Å². The molecule has 0 bridgehead atoms. The van der Waals surface area contributed by atoms with E-state index in [1.807, 2.05) is 12.1 Å². The molecule has 0 radical (unpaired) electrons. The predicted octanol–water partition coefficient (Wildman–Crippen LogP) is 7.07. The van der Waals surface area contributed by atoms with Gasteiger partial charge in [-0.05, 0) is 52.9 Å². The van der Waals surface area contributed by atoms with Crippen molar-refractivity contribution in [2.45, 2.75) is 6.42 Å². The SMILES string of the molecule is C=C(c1cccc2c1Cc1ccccc1-2)N(c1ccccc1)c1ccccc1. The summed E-state index contributed by atoms with van der Waals surface area (Å²) in [6.07, 6.45) is 0.956. The maximum absolute atomic E-state index is 4.54. The molecule has 4 aromatic carbocycles. The van der Waals surface area contributed by atoms with E-state index < -0.39 is 0 Å². The summed E-state index contributed by atoms with van der Waals surface area (Å²) in [5.41, 5.74) is 9.88. The van der Waals surface area contributed by atoms with Crippen LogP contribution in [-0.4, -0.2) is 0 Å². The van der Waals surface area contributed by atoms with Gasteiger partial charge in [0.2, 0.25) is 0 Å². The van der Waals surface area contributed by atoms with E-state index in [2.05, 4.69) is 102 Å². The number of rotatable bonds is 4. The van der Waals surface area contributed by atoms with Gasteiger partial charge in [0.15, 0.2) is 0 Å². The van der Waals surface area contributed by atoms with Crippen LogP contribution in [0.15, 0.2) is 110 Å². The second-order valence-corrected chi connectivity index (χ2v) is 7.12. The van der Waals surface area contributed by atoms with Gasteiger partial charge in [-0.1, -0.05) is 85.4 Å². The monoisotopic (exact) mass is 359 g/mol. The summed E-state index contributed by atoms with van der Waals surface area (Å²) in [5.74, 6) is 0. The third kappa shape index (κ3) is 2.73. The van der Waals surface area contributed by atoms with Gasteiger partial charge in [-0.3, -0.25) is 0 Å². The Morgan fingerprint density at radius 2 is 1.18 bits per heavy atom. The third-order valence-corrected chi connectivity index (χ3v) is 5.46. The van der Waals surface area contributed by atoms with Crippen molar-refractivity contribution >= 4 is 17.1 Å². The predicted molar refractivity (Wildman–Crippen MR) is 119 cm³/mol. The lowest BCUT2D eigenvalue weighted by molar-refractivity contribution is 1.22. The van der Waals surface area contributed by atoms with E-state index in [9.17, 15) is 0 Å². The first-order valence-electron chi connectivity index (χ1n) is 9.62. The van der Waals surface area contributed by atoms with E-state index in [0.717, 1.165) is 23.5 Å². The van der Waals surface area contributed by atoms with E-state index in [1.165, 1.54) is 27.8 Å². The molecule has 1 aliphatic rings. The van der Waals surface area contributed by atoms with Crippen molar-refractivity contribution < 1.29 is 0 Å². The van der Waals surface area contributed by atoms with Gasteiger partial charge < -0.3 is 4.90 Å². The first-order chi connectivity index (χ1) is 13.8. The lowest BCUT2D eigenvalue weighted by atomic mass is 9.98. The highest BCUT2D eigenvalue weighted by Gasteiger charge is 2.24. The summed E-state index contributed by atoms with van der Waals surface area (Å²) in [6.45, 7) is 4.54. The highest BCUT2D eigenvalue weighted by molar-refractivity contribution is 5.91. The van der Waals surface area contributed by atoms with E-state index in [0.29, 0.717) is 0 Å². The zero-order valence-electron chi connectivity index (χ0n) is 15.7. The number of nitrogens with zero attached hydrogens (tertiary/aromatic N) is 1. The molecule has 0 amide bonds. The van der Waals surface area contributed by atoms with Gasteiger partial charge in [0, 0.05) is 22.6 Å². The van der Waals surface area contributed by atoms with Crippen molar-refractivity contribution in [1.82, 2.24) is 0 Å². The Labute approximate surface area is 166 Å². The summed E-state index contributed by atoms with van der Waals surface area (Å²) >= 11 is 0. The largest absolute Gasteiger partial charge is 0.310 e. The van der Waals surface area contributed by atoms with E-state index in [-0.39, 0.29) is 0 Å². The molecule has 0 unspecified atom stereocenters. The van der Waals surface area contributed by atoms with Crippen LogP contribution in [-0.2, 0) is 6.42 Å². The van der Waals surface area contributed by atoms with Crippen molar-refractivity contribution in [1.29, 1.82) is 0 Å². The molecule has 0 N–H and O–H groups in total. The van der Waals surface area contributed by atoms with Gasteiger partial charge in [-0.15, -0.1) is 0 Å². The fraction of sp³-hybridized carbons (Fsp3) is 0.0370. The third-order valence-electron chi connectivity index (χ3n) is 5.46. The van der Waals surface area contributed by atoms with Crippen LogP contribution < -0.4 is 4.90 Å². The van der Waals surface area contributed by atoms with Gasteiger partial charge >= 0.3 is 0 Å². The van der Waals surface area contributed by atoms with Gasteiger partial charge in [0.1, 0.15) is 0 Å². The molecule has 134 valence electrons. The van der Waals surface area contributed by atoms with Crippen molar-refractivity contribution in [2.24, 2.45) is 0 Å². The number of hydrogen-bond acceptors (Lipinski definition) is 1. The fourth-order valence-electron chi connectivity index (χ4n) is 4.16. The molecular formula is C27H21N. The summed E-state index contributed by atoms with van der Waals surface area (Å²) in [4.78, 5) is 2.25. The highest BCUT2D eigenvalue weighted by atomic mass is 15.1. The molecule has 0 saturated heterocycles. The lowest BCUT2D eigenvalue weighted by Gasteiger charge is -2.28. The van der Waals surface area contributed by atoms with Crippen molar-refractivity contribution in [3.8, 4) is 11.1 Å². The van der Waals surface area contributed by atoms with Crippen molar-refractivity contribution in [2.75, 3.05) is 4.90 Å². The molecule has 1 nitrogen and oxygen atoms in total. The Morgan fingerprint density at radius 3 is 1.86 bits per heavy atom. The van der Waals surface area contributed by atoms with Gasteiger partial charge in [0.05, 0.1) is 0 Å². The van der Waals surface area contributed by atoms with Crippen LogP contribution in [0.25, 0.3) is 16.8 Å². The van der Waals surface area contributed by atoms with Crippen LogP contribution in [0.5, 0.6) is 0 Å². The molecule has 0 aliphatic heterocycles. The molecule has 28 heavy (non-hydrogen) atoms. The van der Waals surface area contributed by atoms with Gasteiger partial charge in [-0.2, -0.15) is 0 Å². The molecule has 5 rings (SSSR count). The second-order valence-electron chi connectivity index (χ2n) is 7.12. The van der Waals surface area contributed by atoms with E-state index in [4.69, 9.17) is 0 Å². The Kier molecular flexibility index (Phi) is 4.06. The van der Waals surface area contributed by atoms with Crippen LogP contribution in [0.2, 0.25) is 0 Å². The first-order valence-corrected chi connectivity index (χ1v) is 9.62. The maximum Gasteiger partial charge on any atom is 0.0465 e. The number of fused-ring (bicyclic) bond motifs is 3. The smallest absolute Gasteiger partial charge is 0.0465 e. The molecule has 1 aliphatic carbocycles. The Morgan fingerprint density at radius 1 is 0.607 bits per heavy atom. The topological polar surface area (TPSA) is 3.24 Å². The molecule has 0 aromatic heterocycles. The molecule has 0 saturated carbocycles. The van der Waals surface area contributed by atoms with Crippen molar-refractivity contribution in [3.63, 3.8) is 0 Å². The minimum absolute atomic E-state index is 0.956. The normalized spacial score (nSPS) is 11.6. The van der Waals surface area contributed by atoms with Crippen LogP contribution >= 0.6 is 0 Å². The minimum Gasteiger partial charge on any atom is -0.310 e. The molecule has 0 fully saturated rings. The molecule has 1 heteroatoms. The summed E-state index contributed by atoms with van der Waals surface area (Å²) < 4.78 is 0. The number of anilines is 2. The molecule has 0 heterocycles. The number of hydrogen-bond donors (Lipinski definition) is 0. The molecular weight excluding hydrogens is 338 g/mol. The minimum atomic E-state index is 0.956. The zero-order chi connectivity index (χ0) is 18.9. The Hall–Kier alpha value is -3.58. The highest BCUT2D eigenvalue weighted by Crippen LogP contribution is 2.42. The molecule has 0 atom stereocenters. The summed E-state index contributed by atoms with van der Waals surface area (Å²) in [6, 6.07) is 36.2. The van der Waals surface area contributed by atoms with Crippen LogP contribution in [0.4, 0.5) is 11.4 Å². The lowest BCUT2D eigenvalue weighted by Crippen LogP contribution is -2.15. The van der Waals surface area contributed by atoms with Gasteiger partial charge in [-0.25, -0.2) is 0 Å². The number of benzene rings is 4. The summed E-state index contributed by atoms with van der Waals surface area (Å²) in [7, 11) is 0. The van der Waals surface area contributed by atoms with Gasteiger partial charge in [0.25, 0.3) is 0 Å². The molecule has 0 spiro atoms. The average Bonchev–Trinajstić information content (AvgIpc) is 3.14. The average molecular weight is 359 g/mol. The maximum atomic E-state index is 4.54. The van der Waals surface area contributed by atoms with Crippen LogP contribution in [0.3, 0.4) is 0 Å². The van der Waals surface area contributed by atoms with Crippen LogP contribution in [0, 0.1) is 0 Å². The summed E-state index contributed by atoms with van der Waals surface area (Å²) in [5, 5.41) is 0. The van der Waals surface area contributed by atoms with Crippen molar-refractivity contribution in [3.05, 3.63) is 126 Å². The Balaban J connectivity index is 1.64. The number of para-hydroxylation sites is 2. The second kappa shape index (κ2) is 6.86. The van der Waals surface area contributed by atoms with E-state index in [1.54, 1.807) is 0 Å². The quantitative estimate of drug-likeness (QED) is 0.332. The van der Waals surface area contributed by atoms with Crippen LogP contribution in [0.1, 0.15) is 16.7 Å². The fourth-order valence-corrected chi connectivity index (χ4v) is 4.16. The standard InChI is InChI=1S/C27H21N/c1-20(28(22-12-4-2-5-13-22)23-14-6-3-7-15-23)24-17-10-18-26-25-16-9-8-11-21(25)19-27(24)26/h2-18H,1,19H2. The Bertz CT molecular complexity index is 1100.